The highest BCUT2D eigenvalue weighted by Crippen LogP contribution is 2.50. The van der Waals surface area contributed by atoms with E-state index in [4.69, 9.17) is 14.2 Å². The van der Waals surface area contributed by atoms with Gasteiger partial charge in [-0.2, -0.15) is 0 Å². The van der Waals surface area contributed by atoms with E-state index in [2.05, 4.69) is 0 Å². The molecule has 3 heterocycles. The van der Waals surface area contributed by atoms with Crippen molar-refractivity contribution in [2.24, 2.45) is 0 Å². The molecule has 114 valence electrons. The maximum Gasteiger partial charge on any atom is 0.164 e. The van der Waals surface area contributed by atoms with Crippen molar-refractivity contribution in [3.63, 3.8) is 0 Å². The average Bonchev–Trinajstić information content (AvgIpc) is 2.84. The summed E-state index contributed by atoms with van der Waals surface area (Å²) in [5, 5.41) is 11.2. The molecule has 1 unspecified atom stereocenters. The lowest BCUT2D eigenvalue weighted by molar-refractivity contribution is -0.215. The molecule has 3 saturated heterocycles. The van der Waals surface area contributed by atoms with E-state index in [1.807, 2.05) is 45.0 Å². The van der Waals surface area contributed by atoms with Gasteiger partial charge in [-0.1, -0.05) is 24.3 Å². The van der Waals surface area contributed by atoms with Crippen LogP contribution in [0.1, 0.15) is 37.8 Å². The quantitative estimate of drug-likeness (QED) is 0.862. The second-order valence-electron chi connectivity index (χ2n) is 7.03. The van der Waals surface area contributed by atoms with Gasteiger partial charge in [-0.15, -0.1) is 0 Å². The van der Waals surface area contributed by atoms with Gasteiger partial charge in [-0.05, 0) is 31.9 Å². The van der Waals surface area contributed by atoms with Crippen molar-refractivity contribution in [3.8, 4) is 0 Å². The summed E-state index contributed by atoms with van der Waals surface area (Å²) < 4.78 is 18.0. The van der Waals surface area contributed by atoms with Gasteiger partial charge in [0.2, 0.25) is 0 Å². The molecule has 3 aliphatic rings. The van der Waals surface area contributed by atoms with E-state index >= 15 is 0 Å². The average molecular weight is 290 g/mol. The van der Waals surface area contributed by atoms with Crippen molar-refractivity contribution >= 4 is 0 Å². The lowest BCUT2D eigenvalue weighted by atomic mass is 9.81. The lowest BCUT2D eigenvalue weighted by Crippen LogP contribution is -2.43. The van der Waals surface area contributed by atoms with Crippen molar-refractivity contribution in [1.82, 2.24) is 0 Å². The van der Waals surface area contributed by atoms with Crippen LogP contribution in [0.15, 0.2) is 24.3 Å². The second-order valence-corrected chi connectivity index (χ2v) is 7.03. The van der Waals surface area contributed by atoms with Gasteiger partial charge in [0.25, 0.3) is 0 Å². The molecule has 4 nitrogen and oxygen atoms in total. The van der Waals surface area contributed by atoms with E-state index in [1.165, 1.54) is 0 Å². The van der Waals surface area contributed by atoms with Gasteiger partial charge >= 0.3 is 0 Å². The molecular weight excluding hydrogens is 268 g/mol. The summed E-state index contributed by atoms with van der Waals surface area (Å²) in [6.45, 7) is 5.92. The third kappa shape index (κ3) is 2.05. The van der Waals surface area contributed by atoms with Crippen LogP contribution in [-0.4, -0.2) is 35.3 Å². The Morgan fingerprint density at radius 2 is 1.62 bits per heavy atom. The molecule has 21 heavy (non-hydrogen) atoms. The molecule has 5 atom stereocenters. The van der Waals surface area contributed by atoms with Crippen LogP contribution in [0.25, 0.3) is 0 Å². The van der Waals surface area contributed by atoms with E-state index in [0.29, 0.717) is 12.8 Å². The minimum Gasteiger partial charge on any atom is -0.385 e. The minimum atomic E-state index is -0.847. The first-order valence-corrected chi connectivity index (χ1v) is 7.68. The molecule has 0 radical (unpaired) electrons. The van der Waals surface area contributed by atoms with Crippen LogP contribution in [0.5, 0.6) is 0 Å². The van der Waals surface area contributed by atoms with Crippen LogP contribution >= 0.6 is 0 Å². The van der Waals surface area contributed by atoms with Crippen LogP contribution in [0.2, 0.25) is 0 Å². The highest BCUT2D eigenvalue weighted by Gasteiger charge is 2.61. The molecular formula is C17H22O4. The zero-order valence-electron chi connectivity index (χ0n) is 12.7. The predicted octanol–water partition coefficient (Wildman–Crippen LogP) is 2.26. The van der Waals surface area contributed by atoms with E-state index in [1.54, 1.807) is 0 Å². The number of hydrogen-bond donors (Lipinski definition) is 1. The molecule has 0 aromatic heterocycles. The van der Waals surface area contributed by atoms with Crippen LogP contribution in [0, 0.1) is 6.92 Å². The number of aliphatic hydroxyl groups is 1. The maximum absolute atomic E-state index is 11.2. The lowest BCUT2D eigenvalue weighted by Gasteiger charge is -2.39. The summed E-state index contributed by atoms with van der Waals surface area (Å²) in [6, 6.07) is 8.04. The Kier molecular flexibility index (Phi) is 2.80. The molecule has 0 amide bonds. The van der Waals surface area contributed by atoms with Crippen molar-refractivity contribution in [1.29, 1.82) is 0 Å². The topological polar surface area (TPSA) is 47.9 Å². The Labute approximate surface area is 125 Å². The van der Waals surface area contributed by atoms with Gasteiger partial charge in [-0.3, -0.25) is 0 Å². The Bertz CT molecular complexity index is 546. The monoisotopic (exact) mass is 290 g/mol. The Morgan fingerprint density at radius 1 is 1.05 bits per heavy atom. The van der Waals surface area contributed by atoms with Gasteiger partial charge < -0.3 is 19.3 Å². The molecule has 2 bridgehead atoms. The summed E-state index contributed by atoms with van der Waals surface area (Å²) in [6.07, 6.45) is 0.801. The van der Waals surface area contributed by atoms with E-state index in [0.717, 1.165) is 11.1 Å². The van der Waals surface area contributed by atoms with Gasteiger partial charge in [-0.25, -0.2) is 0 Å². The molecule has 1 aromatic rings. The number of fused-ring (bicyclic) bond motifs is 5. The summed E-state index contributed by atoms with van der Waals surface area (Å²) in [5.41, 5.74) is 1.27. The first-order chi connectivity index (χ1) is 9.88. The summed E-state index contributed by atoms with van der Waals surface area (Å²) >= 11 is 0. The van der Waals surface area contributed by atoms with Gasteiger partial charge in [0.1, 0.15) is 12.2 Å². The minimum absolute atomic E-state index is 0.0666. The van der Waals surface area contributed by atoms with E-state index < -0.39 is 11.4 Å². The number of rotatable bonds is 1. The Balaban J connectivity index is 1.65. The summed E-state index contributed by atoms with van der Waals surface area (Å²) in [4.78, 5) is 0. The molecule has 3 aliphatic heterocycles. The van der Waals surface area contributed by atoms with Crippen molar-refractivity contribution in [2.45, 2.75) is 69.4 Å². The fraction of sp³-hybridized carbons (Fsp3) is 0.647. The SMILES string of the molecule is Cc1ccccc1C1(O)C[C@@H]2O[C@H](C1)[C@H]1OC(C)(C)O[C@H]12. The van der Waals surface area contributed by atoms with E-state index in [-0.39, 0.29) is 24.4 Å². The first-order valence-electron chi connectivity index (χ1n) is 7.68. The molecule has 3 fully saturated rings. The summed E-state index contributed by atoms with van der Waals surface area (Å²) in [7, 11) is 0. The van der Waals surface area contributed by atoms with Gasteiger partial charge in [0, 0.05) is 12.8 Å². The van der Waals surface area contributed by atoms with E-state index in [9.17, 15) is 5.11 Å². The second kappa shape index (κ2) is 4.29. The first kappa shape index (κ1) is 13.7. The van der Waals surface area contributed by atoms with Gasteiger partial charge in [0.05, 0.1) is 17.8 Å². The van der Waals surface area contributed by atoms with Gasteiger partial charge in [0.15, 0.2) is 5.79 Å². The van der Waals surface area contributed by atoms with Crippen molar-refractivity contribution in [2.75, 3.05) is 0 Å². The third-order valence-electron chi connectivity index (χ3n) is 4.97. The number of benzene rings is 1. The number of hydrogen-bond acceptors (Lipinski definition) is 4. The Morgan fingerprint density at radius 3 is 2.19 bits per heavy atom. The molecule has 0 spiro atoms. The molecule has 1 aromatic carbocycles. The highest BCUT2D eigenvalue weighted by atomic mass is 16.8. The van der Waals surface area contributed by atoms with Crippen LogP contribution in [0.4, 0.5) is 0 Å². The van der Waals surface area contributed by atoms with Crippen LogP contribution in [0.3, 0.4) is 0 Å². The third-order valence-corrected chi connectivity index (χ3v) is 4.97. The fourth-order valence-electron chi connectivity index (χ4n) is 4.16. The smallest absolute Gasteiger partial charge is 0.164 e. The van der Waals surface area contributed by atoms with Crippen molar-refractivity contribution in [3.05, 3.63) is 35.4 Å². The standard InChI is InChI=1S/C17H22O4/c1-10-6-4-5-7-11(10)17(18)8-12-14-15(13(9-17)19-12)21-16(2,3)20-14/h4-7,12-15,18H,8-9H2,1-3H3/t12-,13+,14-,15+,17?. The number of ether oxygens (including phenoxy) is 3. The molecule has 1 N–H and O–H groups in total. The molecule has 4 rings (SSSR count). The normalized spacial score (nSPS) is 43.8. The fourth-order valence-corrected chi connectivity index (χ4v) is 4.16. The Hall–Kier alpha value is -0.940. The van der Waals surface area contributed by atoms with Crippen LogP contribution < -0.4 is 0 Å². The predicted molar refractivity (Wildman–Crippen MR) is 76.8 cm³/mol. The number of aryl methyl sites for hydroxylation is 1. The maximum atomic E-state index is 11.2. The molecule has 4 heteroatoms. The molecule has 0 aliphatic carbocycles. The summed E-state index contributed by atoms with van der Waals surface area (Å²) in [5.74, 6) is -0.548. The molecule has 0 saturated carbocycles. The largest absolute Gasteiger partial charge is 0.385 e. The highest BCUT2D eigenvalue weighted by molar-refractivity contribution is 5.33. The van der Waals surface area contributed by atoms with Crippen molar-refractivity contribution < 1.29 is 19.3 Å². The van der Waals surface area contributed by atoms with Crippen LogP contribution in [-0.2, 0) is 19.8 Å². The zero-order valence-corrected chi connectivity index (χ0v) is 12.7. The zero-order chi connectivity index (χ0) is 14.8.